The minimum Gasteiger partial charge on any atom is -0.288 e. The van der Waals surface area contributed by atoms with Gasteiger partial charge in [0.2, 0.25) is 0 Å². The highest BCUT2D eigenvalue weighted by Gasteiger charge is 2.42. The number of halogens is 6. The zero-order chi connectivity index (χ0) is 17.3. The third kappa shape index (κ3) is 3.46. The van der Waals surface area contributed by atoms with Gasteiger partial charge in [-0.2, -0.15) is 26.3 Å². The van der Waals surface area contributed by atoms with Gasteiger partial charge in [-0.3, -0.25) is 20.0 Å². The number of hydroxylamine groups is 2. The van der Waals surface area contributed by atoms with Crippen LogP contribution in [0.3, 0.4) is 0 Å². The lowest BCUT2D eigenvalue weighted by molar-refractivity contribution is -0.141. The van der Waals surface area contributed by atoms with E-state index in [1.54, 1.807) is 0 Å². The summed E-state index contributed by atoms with van der Waals surface area (Å²) in [5.41, 5.74) is -5.33. The Balaban J connectivity index is 3.80. The number of nitrogens with one attached hydrogen (secondary N) is 2. The highest BCUT2D eigenvalue weighted by molar-refractivity contribution is 6.00. The third-order valence-corrected chi connectivity index (χ3v) is 2.46. The third-order valence-electron chi connectivity index (χ3n) is 2.46. The van der Waals surface area contributed by atoms with E-state index in [-0.39, 0.29) is 12.1 Å². The maximum absolute atomic E-state index is 12.8. The average molecular weight is 332 g/mol. The van der Waals surface area contributed by atoms with Crippen LogP contribution in [0.15, 0.2) is 12.1 Å². The Bertz CT molecular complexity index is 557. The molecular formula is C10H6F6N2O4. The minimum atomic E-state index is -5.30. The molecule has 0 fully saturated rings. The van der Waals surface area contributed by atoms with Crippen molar-refractivity contribution in [2.45, 2.75) is 12.4 Å². The topological polar surface area (TPSA) is 98.7 Å². The molecule has 0 radical (unpaired) electrons. The smallest absolute Gasteiger partial charge is 0.288 e. The van der Waals surface area contributed by atoms with E-state index >= 15 is 0 Å². The Morgan fingerprint density at radius 1 is 0.773 bits per heavy atom. The van der Waals surface area contributed by atoms with Crippen molar-refractivity contribution in [1.29, 1.82) is 0 Å². The van der Waals surface area contributed by atoms with E-state index in [0.29, 0.717) is 0 Å². The number of alkyl halides is 6. The molecule has 0 saturated carbocycles. The summed E-state index contributed by atoms with van der Waals surface area (Å²) in [4.78, 5) is 22.3. The number of carbonyl (C=O) groups excluding carboxylic acids is 2. The fourth-order valence-electron chi connectivity index (χ4n) is 1.56. The van der Waals surface area contributed by atoms with Gasteiger partial charge >= 0.3 is 12.4 Å². The van der Waals surface area contributed by atoms with Crippen molar-refractivity contribution in [3.05, 3.63) is 34.4 Å². The molecular weight excluding hydrogens is 326 g/mol. The summed E-state index contributed by atoms with van der Waals surface area (Å²) >= 11 is 0. The average Bonchev–Trinajstić information content (AvgIpc) is 2.42. The van der Waals surface area contributed by atoms with Gasteiger partial charge in [0.25, 0.3) is 11.8 Å². The van der Waals surface area contributed by atoms with Gasteiger partial charge < -0.3 is 0 Å². The number of hydrogen-bond acceptors (Lipinski definition) is 4. The number of amides is 2. The van der Waals surface area contributed by atoms with Crippen LogP contribution in [0, 0.1) is 0 Å². The Kier molecular flexibility index (Phi) is 4.67. The number of benzene rings is 1. The quantitative estimate of drug-likeness (QED) is 0.378. The first kappa shape index (κ1) is 17.7. The van der Waals surface area contributed by atoms with E-state index in [1.165, 1.54) is 0 Å². The molecule has 0 aliphatic heterocycles. The van der Waals surface area contributed by atoms with Crippen LogP contribution < -0.4 is 11.0 Å². The van der Waals surface area contributed by atoms with Gasteiger partial charge in [-0.05, 0) is 12.1 Å². The number of carbonyl (C=O) groups is 2. The molecule has 0 atom stereocenters. The molecule has 0 aliphatic carbocycles. The maximum atomic E-state index is 12.8. The number of hydrogen-bond donors (Lipinski definition) is 4. The van der Waals surface area contributed by atoms with Crippen LogP contribution >= 0.6 is 0 Å². The predicted octanol–water partition coefficient (Wildman–Crippen LogP) is 1.96. The highest BCUT2D eigenvalue weighted by Crippen LogP contribution is 2.38. The molecule has 122 valence electrons. The van der Waals surface area contributed by atoms with E-state index in [9.17, 15) is 35.9 Å². The van der Waals surface area contributed by atoms with Gasteiger partial charge in [0, 0.05) is 0 Å². The highest BCUT2D eigenvalue weighted by atomic mass is 19.4. The maximum Gasteiger partial charge on any atom is 0.417 e. The lowest BCUT2D eigenvalue weighted by Crippen LogP contribution is -2.28. The summed E-state index contributed by atoms with van der Waals surface area (Å²) in [5, 5.41) is 16.7. The monoisotopic (exact) mass is 332 g/mol. The van der Waals surface area contributed by atoms with Gasteiger partial charge in [-0.1, -0.05) is 0 Å². The largest absolute Gasteiger partial charge is 0.417 e. The normalized spacial score (nSPS) is 12.0. The van der Waals surface area contributed by atoms with Crippen LogP contribution in [0.25, 0.3) is 0 Å². The lowest BCUT2D eigenvalue weighted by Gasteiger charge is -2.17. The van der Waals surface area contributed by atoms with Gasteiger partial charge in [-0.15, -0.1) is 0 Å². The number of rotatable bonds is 2. The molecule has 0 bridgehead atoms. The van der Waals surface area contributed by atoms with Crippen molar-refractivity contribution in [2.24, 2.45) is 0 Å². The van der Waals surface area contributed by atoms with Crippen molar-refractivity contribution in [3.8, 4) is 0 Å². The van der Waals surface area contributed by atoms with Crippen molar-refractivity contribution >= 4 is 11.8 Å². The standard InChI is InChI=1S/C10H6F6N2O4/c11-9(12,13)5-1-3(7(19)17-21)6(10(14,15)16)2-4(5)8(20)18-22/h1-2,21-22H,(H,17,19)(H,18,20). The molecule has 0 aliphatic rings. The molecule has 22 heavy (non-hydrogen) atoms. The first-order valence-corrected chi connectivity index (χ1v) is 5.14. The van der Waals surface area contributed by atoms with E-state index in [1.807, 2.05) is 0 Å². The molecule has 0 heterocycles. The zero-order valence-corrected chi connectivity index (χ0v) is 10.1. The molecule has 2 amide bonds. The van der Waals surface area contributed by atoms with Gasteiger partial charge in [0.1, 0.15) is 0 Å². The molecule has 1 aromatic rings. The van der Waals surface area contributed by atoms with Crippen molar-refractivity contribution in [3.63, 3.8) is 0 Å². The van der Waals surface area contributed by atoms with Crippen LogP contribution in [0.5, 0.6) is 0 Å². The first-order valence-electron chi connectivity index (χ1n) is 5.14. The summed E-state index contributed by atoms with van der Waals surface area (Å²) in [5.74, 6) is -3.71. The lowest BCUT2D eigenvalue weighted by atomic mass is 9.96. The molecule has 6 nitrogen and oxygen atoms in total. The Morgan fingerprint density at radius 3 is 1.23 bits per heavy atom. The summed E-state index contributed by atoms with van der Waals surface area (Å²) < 4.78 is 76.7. The molecule has 4 N–H and O–H groups in total. The van der Waals surface area contributed by atoms with Crippen LogP contribution in [-0.4, -0.2) is 22.2 Å². The van der Waals surface area contributed by atoms with Gasteiger partial charge in [-0.25, -0.2) is 11.0 Å². The van der Waals surface area contributed by atoms with E-state index < -0.39 is 46.4 Å². The zero-order valence-electron chi connectivity index (χ0n) is 10.1. The Labute approximate surface area is 117 Å². The summed E-state index contributed by atoms with van der Waals surface area (Å²) in [6.07, 6.45) is -10.6. The minimum absolute atomic E-state index is 0.251. The van der Waals surface area contributed by atoms with Gasteiger partial charge in [0.15, 0.2) is 0 Å². The van der Waals surface area contributed by atoms with E-state index in [0.717, 1.165) is 11.0 Å². The van der Waals surface area contributed by atoms with Crippen LogP contribution in [0.2, 0.25) is 0 Å². The second-order valence-electron chi connectivity index (χ2n) is 3.82. The first-order chi connectivity index (χ1) is 9.93. The second kappa shape index (κ2) is 5.81. The SMILES string of the molecule is O=C(NO)c1cc(C(F)(F)F)c(C(=O)NO)cc1C(F)(F)F. The van der Waals surface area contributed by atoms with Crippen molar-refractivity contribution in [2.75, 3.05) is 0 Å². The Morgan fingerprint density at radius 2 is 1.05 bits per heavy atom. The van der Waals surface area contributed by atoms with E-state index in [4.69, 9.17) is 10.4 Å². The summed E-state index contributed by atoms with van der Waals surface area (Å²) in [6, 6.07) is -0.502. The van der Waals surface area contributed by atoms with Crippen molar-refractivity contribution < 1.29 is 46.3 Å². The fraction of sp³-hybridized carbons (Fsp3) is 0.200. The summed E-state index contributed by atoms with van der Waals surface area (Å²) in [7, 11) is 0. The fourth-order valence-corrected chi connectivity index (χ4v) is 1.56. The molecule has 0 saturated heterocycles. The summed E-state index contributed by atoms with van der Waals surface area (Å²) in [6.45, 7) is 0. The second-order valence-corrected chi connectivity index (χ2v) is 3.82. The molecule has 1 aromatic carbocycles. The molecule has 1 rings (SSSR count). The van der Waals surface area contributed by atoms with Crippen LogP contribution in [0.4, 0.5) is 26.3 Å². The van der Waals surface area contributed by atoms with Crippen LogP contribution in [-0.2, 0) is 12.4 Å². The predicted molar refractivity (Wildman–Crippen MR) is 55.0 cm³/mol. The molecule has 0 aromatic heterocycles. The van der Waals surface area contributed by atoms with Crippen LogP contribution in [0.1, 0.15) is 31.8 Å². The van der Waals surface area contributed by atoms with E-state index in [2.05, 4.69) is 0 Å². The molecule has 0 spiro atoms. The van der Waals surface area contributed by atoms with Gasteiger partial charge in [0.05, 0.1) is 22.3 Å². The Hall–Kier alpha value is -2.34. The van der Waals surface area contributed by atoms with Crippen molar-refractivity contribution in [1.82, 2.24) is 11.0 Å². The molecule has 0 unspecified atom stereocenters. The molecule has 12 heteroatoms.